The quantitative estimate of drug-likeness (QED) is 0.178. The van der Waals surface area contributed by atoms with E-state index in [-0.39, 0.29) is 16.7 Å². The molecule has 7 aromatic carbocycles. The molecule has 0 radical (unpaired) electrons. The van der Waals surface area contributed by atoms with Crippen molar-refractivity contribution in [2.45, 2.75) is 17.8 Å². The molecule has 3 heteroatoms. The Balaban J connectivity index is 1.10. The standard InChI is InChI=1S/C53H37N3/c1-52-33-13-12-22-48(52)53(44-20-10-8-18-42(44)43-19-9-11-21-45(43)53)47-34-41(31-32-46(47)52)51-55-49(39-27-23-37(24-28-39)35-14-4-2-5-15-35)54-50(56-51)40-29-25-38(26-30-40)36-16-6-3-7-17-36/h2-34,48H,1H3. The number of allylic oxidation sites excluding steroid dienone is 4. The summed E-state index contributed by atoms with van der Waals surface area (Å²) in [5.41, 5.74) is 15.0. The smallest absolute Gasteiger partial charge is 0.164 e. The van der Waals surface area contributed by atoms with Crippen LogP contribution in [0, 0.1) is 5.92 Å². The molecule has 0 aliphatic heterocycles. The van der Waals surface area contributed by atoms with Crippen LogP contribution in [0.3, 0.4) is 0 Å². The number of benzene rings is 7. The van der Waals surface area contributed by atoms with Gasteiger partial charge in [-0.05, 0) is 61.7 Å². The van der Waals surface area contributed by atoms with Crippen LogP contribution in [0.25, 0.3) is 67.5 Å². The van der Waals surface area contributed by atoms with Crippen LogP contribution in [0.2, 0.25) is 0 Å². The molecule has 3 nitrogen and oxygen atoms in total. The van der Waals surface area contributed by atoms with E-state index in [1.165, 1.54) is 44.5 Å². The summed E-state index contributed by atoms with van der Waals surface area (Å²) in [6.45, 7) is 2.41. The van der Waals surface area contributed by atoms with Crippen LogP contribution in [0.5, 0.6) is 0 Å². The van der Waals surface area contributed by atoms with Crippen LogP contribution < -0.4 is 0 Å². The summed E-state index contributed by atoms with van der Waals surface area (Å²) in [5, 5.41) is 0. The molecular formula is C53H37N3. The maximum absolute atomic E-state index is 5.25. The molecule has 2 atom stereocenters. The third-order valence-corrected chi connectivity index (χ3v) is 12.4. The summed E-state index contributed by atoms with van der Waals surface area (Å²) in [6, 6.07) is 63.0. The van der Waals surface area contributed by atoms with Crippen molar-refractivity contribution in [1.82, 2.24) is 15.0 Å². The molecule has 3 aliphatic rings. The molecule has 0 bridgehead atoms. The van der Waals surface area contributed by atoms with Crippen molar-refractivity contribution in [3.05, 3.63) is 222 Å². The fourth-order valence-corrected chi connectivity index (χ4v) is 9.77. The molecule has 264 valence electrons. The molecule has 1 heterocycles. The van der Waals surface area contributed by atoms with Gasteiger partial charge in [-0.25, -0.2) is 15.0 Å². The number of nitrogens with zero attached hydrogens (tertiary/aromatic N) is 3. The minimum absolute atomic E-state index is 0.191. The van der Waals surface area contributed by atoms with Crippen LogP contribution in [-0.4, -0.2) is 15.0 Å². The zero-order valence-corrected chi connectivity index (χ0v) is 31.0. The van der Waals surface area contributed by atoms with Crippen molar-refractivity contribution in [2.24, 2.45) is 5.92 Å². The summed E-state index contributed by atoms with van der Waals surface area (Å²) in [7, 11) is 0. The molecule has 0 amide bonds. The highest BCUT2D eigenvalue weighted by Gasteiger charge is 2.61. The fraction of sp³-hybridized carbons (Fsp3) is 0.0755. The van der Waals surface area contributed by atoms with Crippen LogP contribution in [-0.2, 0) is 10.8 Å². The van der Waals surface area contributed by atoms with Gasteiger partial charge in [0.25, 0.3) is 0 Å². The van der Waals surface area contributed by atoms with Crippen LogP contribution in [0.15, 0.2) is 200 Å². The van der Waals surface area contributed by atoms with Crippen LogP contribution in [0.1, 0.15) is 29.2 Å². The third kappa shape index (κ3) is 4.80. The largest absolute Gasteiger partial charge is 0.208 e. The number of rotatable bonds is 5. The van der Waals surface area contributed by atoms with Gasteiger partial charge in [0.15, 0.2) is 17.5 Å². The molecule has 2 unspecified atom stereocenters. The van der Waals surface area contributed by atoms with E-state index < -0.39 is 0 Å². The van der Waals surface area contributed by atoms with Crippen molar-refractivity contribution in [2.75, 3.05) is 0 Å². The highest BCUT2D eigenvalue weighted by molar-refractivity contribution is 5.87. The average Bonchev–Trinajstić information content (AvgIpc) is 3.70. The number of fused-ring (bicyclic) bond motifs is 10. The Kier molecular flexibility index (Phi) is 7.27. The van der Waals surface area contributed by atoms with E-state index in [2.05, 4.69) is 195 Å². The second kappa shape index (κ2) is 12.5. The zero-order chi connectivity index (χ0) is 37.3. The lowest BCUT2D eigenvalue weighted by Crippen LogP contribution is -2.38. The first kappa shape index (κ1) is 32.5. The molecule has 0 saturated carbocycles. The van der Waals surface area contributed by atoms with E-state index in [0.29, 0.717) is 17.5 Å². The predicted octanol–water partition coefficient (Wildman–Crippen LogP) is 12.5. The van der Waals surface area contributed by atoms with Crippen LogP contribution >= 0.6 is 0 Å². The van der Waals surface area contributed by atoms with Crippen molar-refractivity contribution in [3.63, 3.8) is 0 Å². The topological polar surface area (TPSA) is 38.7 Å². The van der Waals surface area contributed by atoms with Crippen molar-refractivity contribution in [3.8, 4) is 67.5 Å². The Morgan fingerprint density at radius 1 is 0.375 bits per heavy atom. The van der Waals surface area contributed by atoms with Gasteiger partial charge in [0.05, 0.1) is 5.41 Å². The average molecular weight is 716 g/mol. The van der Waals surface area contributed by atoms with Gasteiger partial charge in [0, 0.05) is 28.0 Å². The maximum Gasteiger partial charge on any atom is 0.164 e. The summed E-state index contributed by atoms with van der Waals surface area (Å²) in [5.74, 6) is 2.16. The van der Waals surface area contributed by atoms with E-state index >= 15 is 0 Å². The lowest BCUT2D eigenvalue weighted by Gasteiger charge is -2.40. The van der Waals surface area contributed by atoms with Crippen LogP contribution in [0.4, 0.5) is 0 Å². The van der Waals surface area contributed by atoms with Gasteiger partial charge < -0.3 is 0 Å². The van der Waals surface area contributed by atoms with E-state index in [0.717, 1.165) is 27.8 Å². The lowest BCUT2D eigenvalue weighted by molar-refractivity contribution is 0.372. The molecule has 0 N–H and O–H groups in total. The monoisotopic (exact) mass is 715 g/mol. The number of aromatic nitrogens is 3. The minimum Gasteiger partial charge on any atom is -0.208 e. The second-order valence-electron chi connectivity index (χ2n) is 15.4. The van der Waals surface area contributed by atoms with Crippen molar-refractivity contribution >= 4 is 0 Å². The molecular weight excluding hydrogens is 679 g/mol. The van der Waals surface area contributed by atoms with E-state index in [9.17, 15) is 0 Å². The SMILES string of the molecule is CC12C=CC=CC1C1(c3ccccc3-c3ccccc31)c1cc(-c3nc(-c4ccc(-c5ccccc5)cc4)nc(-c4ccc(-c5ccccc5)cc4)n3)ccc12. The van der Waals surface area contributed by atoms with E-state index in [1.54, 1.807) is 0 Å². The fourth-order valence-electron chi connectivity index (χ4n) is 9.77. The first-order valence-electron chi connectivity index (χ1n) is 19.4. The maximum atomic E-state index is 5.25. The summed E-state index contributed by atoms with van der Waals surface area (Å²) >= 11 is 0. The van der Waals surface area contributed by atoms with Gasteiger partial charge in [0.2, 0.25) is 0 Å². The first-order chi connectivity index (χ1) is 27.6. The van der Waals surface area contributed by atoms with Gasteiger partial charge in [0.1, 0.15) is 0 Å². The van der Waals surface area contributed by atoms with Crippen molar-refractivity contribution < 1.29 is 0 Å². The molecule has 0 fully saturated rings. The highest BCUT2D eigenvalue weighted by Crippen LogP contribution is 2.67. The molecule has 0 saturated heterocycles. The normalized spacial score (nSPS) is 18.0. The molecule has 3 aliphatic carbocycles. The molecule has 56 heavy (non-hydrogen) atoms. The summed E-state index contributed by atoms with van der Waals surface area (Å²) in [6.07, 6.45) is 9.31. The second-order valence-corrected chi connectivity index (χ2v) is 15.4. The van der Waals surface area contributed by atoms with Gasteiger partial charge >= 0.3 is 0 Å². The molecule has 1 aromatic heterocycles. The molecule has 8 aromatic rings. The predicted molar refractivity (Wildman–Crippen MR) is 228 cm³/mol. The molecule has 1 spiro atoms. The Bertz CT molecular complexity index is 2710. The Labute approximate surface area is 327 Å². The Morgan fingerprint density at radius 2 is 0.804 bits per heavy atom. The minimum atomic E-state index is -0.367. The zero-order valence-electron chi connectivity index (χ0n) is 31.0. The number of hydrogen-bond donors (Lipinski definition) is 0. The number of hydrogen-bond acceptors (Lipinski definition) is 3. The summed E-state index contributed by atoms with van der Waals surface area (Å²) in [4.78, 5) is 15.6. The lowest BCUT2D eigenvalue weighted by atomic mass is 9.61. The summed E-state index contributed by atoms with van der Waals surface area (Å²) < 4.78 is 0. The Morgan fingerprint density at radius 3 is 1.34 bits per heavy atom. The van der Waals surface area contributed by atoms with E-state index in [4.69, 9.17) is 15.0 Å². The van der Waals surface area contributed by atoms with Gasteiger partial charge in [-0.3, -0.25) is 0 Å². The highest BCUT2D eigenvalue weighted by atomic mass is 15.0. The van der Waals surface area contributed by atoms with Crippen molar-refractivity contribution in [1.29, 1.82) is 0 Å². The van der Waals surface area contributed by atoms with E-state index in [1.807, 2.05) is 12.1 Å². The first-order valence-corrected chi connectivity index (χ1v) is 19.4. The van der Waals surface area contributed by atoms with Gasteiger partial charge in [-0.15, -0.1) is 0 Å². The molecule has 11 rings (SSSR count). The third-order valence-electron chi connectivity index (χ3n) is 12.4. The Hall–Kier alpha value is -6.97. The van der Waals surface area contributed by atoms with Gasteiger partial charge in [-0.2, -0.15) is 0 Å². The van der Waals surface area contributed by atoms with Gasteiger partial charge in [-0.1, -0.05) is 201 Å².